The van der Waals surface area contributed by atoms with Crippen LogP contribution in [0.5, 0.6) is 0 Å². The second-order valence-corrected chi connectivity index (χ2v) is 6.86. The van der Waals surface area contributed by atoms with Crippen LogP contribution in [0.25, 0.3) is 32.7 Å². The molecule has 1 aromatic carbocycles. The summed E-state index contributed by atoms with van der Waals surface area (Å²) in [6, 6.07) is 12.2. The molecule has 0 unspecified atom stereocenters. The Labute approximate surface area is 155 Å². The van der Waals surface area contributed by atoms with Crippen LogP contribution in [-0.4, -0.2) is 34.1 Å². The predicted octanol–water partition coefficient (Wildman–Crippen LogP) is 3.38. The van der Waals surface area contributed by atoms with Gasteiger partial charge in [0.1, 0.15) is 16.3 Å². The number of hydrogen-bond donors (Lipinski definition) is 0. The van der Waals surface area contributed by atoms with E-state index < -0.39 is 4.92 Å². The third kappa shape index (κ3) is 2.38. The Kier molecular flexibility index (Phi) is 3.28. The van der Waals surface area contributed by atoms with E-state index in [1.165, 1.54) is 23.5 Å². The number of aromatic nitrogens is 6. The number of nitrogens with zero attached hydrogens (tertiary/aromatic N) is 7. The molecule has 0 aliphatic rings. The van der Waals surface area contributed by atoms with Crippen molar-refractivity contribution in [1.82, 2.24) is 29.2 Å². The van der Waals surface area contributed by atoms with Gasteiger partial charge in [0, 0.05) is 23.9 Å². The van der Waals surface area contributed by atoms with Crippen LogP contribution in [0.2, 0.25) is 0 Å². The standard InChI is InChI=1S/C17H11N7O2S/c1-10-14(22-8-3-2-7-13(22)18-10)15-19-20-17-23(15)21-16(27-17)11-5-4-6-12(9-11)24(25)26/h2-9H,1H3. The monoisotopic (exact) mass is 377 g/mol. The van der Waals surface area contributed by atoms with Crippen molar-refractivity contribution in [3.63, 3.8) is 0 Å². The molecule has 0 atom stereocenters. The first-order chi connectivity index (χ1) is 13.1. The molecular weight excluding hydrogens is 366 g/mol. The molecule has 10 heteroatoms. The lowest BCUT2D eigenvalue weighted by Crippen LogP contribution is -1.96. The van der Waals surface area contributed by atoms with Crippen LogP contribution in [0.1, 0.15) is 5.69 Å². The Morgan fingerprint density at radius 3 is 2.89 bits per heavy atom. The first-order valence-corrected chi connectivity index (χ1v) is 8.84. The maximum absolute atomic E-state index is 11.0. The average Bonchev–Trinajstić information content (AvgIpc) is 3.33. The Morgan fingerprint density at radius 1 is 1.15 bits per heavy atom. The highest BCUT2D eigenvalue weighted by Gasteiger charge is 2.20. The summed E-state index contributed by atoms with van der Waals surface area (Å²) < 4.78 is 3.60. The third-order valence-corrected chi connectivity index (χ3v) is 5.16. The van der Waals surface area contributed by atoms with Gasteiger partial charge >= 0.3 is 0 Å². The summed E-state index contributed by atoms with van der Waals surface area (Å²) >= 11 is 1.33. The average molecular weight is 377 g/mol. The number of rotatable bonds is 3. The summed E-state index contributed by atoms with van der Waals surface area (Å²) in [6.07, 6.45) is 1.92. The van der Waals surface area contributed by atoms with Gasteiger partial charge in [0.25, 0.3) is 5.69 Å². The molecule has 4 aromatic heterocycles. The van der Waals surface area contributed by atoms with Crippen LogP contribution >= 0.6 is 11.3 Å². The number of nitro groups is 1. The quantitative estimate of drug-likeness (QED) is 0.353. The van der Waals surface area contributed by atoms with Crippen molar-refractivity contribution in [3.8, 4) is 22.1 Å². The summed E-state index contributed by atoms with van der Waals surface area (Å²) in [4.78, 5) is 15.8. The highest BCUT2D eigenvalue weighted by Crippen LogP contribution is 2.31. The van der Waals surface area contributed by atoms with Gasteiger partial charge in [-0.15, -0.1) is 10.2 Å². The van der Waals surface area contributed by atoms with Gasteiger partial charge in [-0.3, -0.25) is 14.5 Å². The molecule has 5 rings (SSSR count). The molecular formula is C17H11N7O2S. The SMILES string of the molecule is Cc1nc2ccccn2c1-c1nnc2sc(-c3cccc([N+](=O)[O-])c3)nn12. The van der Waals surface area contributed by atoms with Crippen molar-refractivity contribution in [3.05, 3.63) is 64.5 Å². The summed E-state index contributed by atoms with van der Waals surface area (Å²) in [6.45, 7) is 1.91. The van der Waals surface area contributed by atoms with Gasteiger partial charge < -0.3 is 0 Å². The van der Waals surface area contributed by atoms with Crippen molar-refractivity contribution in [2.75, 3.05) is 0 Å². The fourth-order valence-corrected chi connectivity index (χ4v) is 3.85. The summed E-state index contributed by atoms with van der Waals surface area (Å²) in [7, 11) is 0. The highest BCUT2D eigenvalue weighted by atomic mass is 32.1. The summed E-state index contributed by atoms with van der Waals surface area (Å²) in [5, 5.41) is 24.8. The minimum absolute atomic E-state index is 0.0244. The molecule has 0 saturated heterocycles. The fourth-order valence-electron chi connectivity index (χ4n) is 3.02. The first kappa shape index (κ1) is 15.6. The van der Waals surface area contributed by atoms with Gasteiger partial charge in [0.15, 0.2) is 0 Å². The molecule has 5 aromatic rings. The number of nitro benzene ring substituents is 1. The second-order valence-electron chi connectivity index (χ2n) is 5.91. The van der Waals surface area contributed by atoms with E-state index in [1.54, 1.807) is 16.6 Å². The van der Waals surface area contributed by atoms with E-state index >= 15 is 0 Å². The lowest BCUT2D eigenvalue weighted by Gasteiger charge is -1.99. The molecule has 4 heterocycles. The van der Waals surface area contributed by atoms with Crippen LogP contribution in [0, 0.1) is 17.0 Å². The Balaban J connectivity index is 1.69. The van der Waals surface area contributed by atoms with Gasteiger partial charge in [-0.25, -0.2) is 4.98 Å². The molecule has 27 heavy (non-hydrogen) atoms. The third-order valence-electron chi connectivity index (χ3n) is 4.21. The molecule has 0 aliphatic heterocycles. The zero-order valence-corrected chi connectivity index (χ0v) is 14.8. The molecule has 0 amide bonds. The van der Waals surface area contributed by atoms with Crippen LogP contribution in [0.15, 0.2) is 48.7 Å². The second kappa shape index (κ2) is 5.68. The molecule has 0 N–H and O–H groups in total. The van der Waals surface area contributed by atoms with Gasteiger partial charge in [0.2, 0.25) is 10.8 Å². The molecule has 9 nitrogen and oxygen atoms in total. The molecule has 0 spiro atoms. The van der Waals surface area contributed by atoms with Crippen molar-refractivity contribution in [2.24, 2.45) is 0 Å². The highest BCUT2D eigenvalue weighted by molar-refractivity contribution is 7.19. The van der Waals surface area contributed by atoms with E-state index in [-0.39, 0.29) is 5.69 Å². The lowest BCUT2D eigenvalue weighted by molar-refractivity contribution is -0.384. The number of non-ortho nitro benzene ring substituents is 1. The first-order valence-electron chi connectivity index (χ1n) is 8.03. The van der Waals surface area contributed by atoms with E-state index in [0.717, 1.165) is 17.0 Å². The number of pyridine rings is 1. The number of aryl methyl sites for hydroxylation is 1. The van der Waals surface area contributed by atoms with E-state index in [9.17, 15) is 10.1 Å². The molecule has 0 saturated carbocycles. The smallest absolute Gasteiger partial charge is 0.270 e. The minimum Gasteiger partial charge on any atom is -0.297 e. The number of hydrogen-bond acceptors (Lipinski definition) is 7. The molecule has 0 fully saturated rings. The maximum atomic E-state index is 11.0. The summed E-state index contributed by atoms with van der Waals surface area (Å²) in [5.74, 6) is 0.578. The van der Waals surface area contributed by atoms with Crippen molar-refractivity contribution in [1.29, 1.82) is 0 Å². The van der Waals surface area contributed by atoms with E-state index in [2.05, 4.69) is 20.3 Å². The topological polar surface area (TPSA) is 104 Å². The summed E-state index contributed by atoms with van der Waals surface area (Å²) in [5.41, 5.74) is 3.14. The number of imidazole rings is 1. The van der Waals surface area contributed by atoms with Crippen LogP contribution in [-0.2, 0) is 0 Å². The normalized spacial score (nSPS) is 11.4. The maximum Gasteiger partial charge on any atom is 0.270 e. The number of benzene rings is 1. The van der Waals surface area contributed by atoms with Gasteiger partial charge in [0.05, 0.1) is 10.6 Å². The largest absolute Gasteiger partial charge is 0.297 e. The van der Waals surface area contributed by atoms with Crippen LogP contribution in [0.3, 0.4) is 0 Å². The molecule has 0 aliphatic carbocycles. The van der Waals surface area contributed by atoms with Crippen LogP contribution < -0.4 is 0 Å². The van der Waals surface area contributed by atoms with Gasteiger partial charge in [-0.05, 0) is 19.1 Å². The van der Waals surface area contributed by atoms with E-state index in [1.807, 2.05) is 35.7 Å². The molecule has 0 radical (unpaired) electrons. The van der Waals surface area contributed by atoms with E-state index in [4.69, 9.17) is 0 Å². The van der Waals surface area contributed by atoms with Crippen LogP contribution in [0.4, 0.5) is 5.69 Å². The van der Waals surface area contributed by atoms with Crippen molar-refractivity contribution in [2.45, 2.75) is 6.92 Å². The minimum atomic E-state index is -0.420. The van der Waals surface area contributed by atoms with Gasteiger partial charge in [-0.1, -0.05) is 29.5 Å². The predicted molar refractivity (Wildman–Crippen MR) is 99.7 cm³/mol. The fraction of sp³-hybridized carbons (Fsp3) is 0.0588. The Morgan fingerprint density at radius 2 is 2.04 bits per heavy atom. The molecule has 132 valence electrons. The van der Waals surface area contributed by atoms with E-state index in [0.29, 0.717) is 21.4 Å². The van der Waals surface area contributed by atoms with Crippen molar-refractivity contribution < 1.29 is 4.92 Å². The lowest BCUT2D eigenvalue weighted by atomic mass is 10.2. The number of fused-ring (bicyclic) bond motifs is 2. The Hall–Kier alpha value is -3.66. The molecule has 0 bridgehead atoms. The van der Waals surface area contributed by atoms with Gasteiger partial charge in [-0.2, -0.15) is 9.61 Å². The zero-order chi connectivity index (χ0) is 18.5. The van der Waals surface area contributed by atoms with Crippen molar-refractivity contribution >= 4 is 27.6 Å². The Bertz CT molecular complexity index is 1330. The zero-order valence-electron chi connectivity index (χ0n) is 14.0.